The summed E-state index contributed by atoms with van der Waals surface area (Å²) in [5, 5.41) is -0.707. The van der Waals surface area contributed by atoms with E-state index < -0.39 is 21.3 Å². The van der Waals surface area contributed by atoms with Gasteiger partial charge < -0.3 is 0 Å². The van der Waals surface area contributed by atoms with E-state index in [1.165, 1.54) is 6.92 Å². The molecule has 4 nitrogen and oxygen atoms in total. The minimum absolute atomic E-state index is 0.485. The van der Waals surface area contributed by atoms with Gasteiger partial charge in [-0.1, -0.05) is 12.1 Å². The maximum atomic E-state index is 11.9. The summed E-state index contributed by atoms with van der Waals surface area (Å²) >= 11 is 5.43. The molecule has 1 atom stereocenters. The van der Waals surface area contributed by atoms with Crippen LogP contribution in [-0.2, 0) is 14.8 Å². The van der Waals surface area contributed by atoms with Crippen LogP contribution in [0.4, 0.5) is 5.69 Å². The van der Waals surface area contributed by atoms with Gasteiger partial charge in [0.05, 0.1) is 11.9 Å². The van der Waals surface area contributed by atoms with Gasteiger partial charge in [-0.3, -0.25) is 9.10 Å². The van der Waals surface area contributed by atoms with Gasteiger partial charge in [-0.2, -0.15) is 0 Å². The van der Waals surface area contributed by atoms with E-state index in [-0.39, 0.29) is 0 Å². The van der Waals surface area contributed by atoms with Crippen molar-refractivity contribution in [1.82, 2.24) is 0 Å². The van der Waals surface area contributed by atoms with Gasteiger partial charge in [-0.05, 0) is 49.6 Å². The number of rotatable bonds is 4. The molecule has 0 radical (unpaired) electrons. The van der Waals surface area contributed by atoms with E-state index in [1.54, 1.807) is 12.1 Å². The van der Waals surface area contributed by atoms with E-state index in [0.717, 1.165) is 21.7 Å². The molecule has 0 heterocycles. The van der Waals surface area contributed by atoms with Gasteiger partial charge in [0, 0.05) is 0 Å². The minimum Gasteiger partial charge on any atom is -0.279 e. The third kappa shape index (κ3) is 3.03. The molecule has 0 fully saturated rings. The Hall–Kier alpha value is -1.07. The van der Waals surface area contributed by atoms with Crippen molar-refractivity contribution in [3.8, 4) is 0 Å². The van der Waals surface area contributed by atoms with E-state index in [0.29, 0.717) is 5.69 Å². The van der Waals surface area contributed by atoms with Crippen molar-refractivity contribution in [1.29, 1.82) is 0 Å². The van der Waals surface area contributed by atoms with Crippen molar-refractivity contribution in [2.24, 2.45) is 0 Å². The van der Waals surface area contributed by atoms with Gasteiger partial charge in [0.15, 0.2) is 0 Å². The summed E-state index contributed by atoms with van der Waals surface area (Å²) < 4.78 is 24.8. The monoisotopic (exact) mass is 289 g/mol. The zero-order valence-electron chi connectivity index (χ0n) is 10.8. The highest BCUT2D eigenvalue weighted by Crippen LogP contribution is 2.27. The second kappa shape index (κ2) is 5.28. The standard InChI is InChI=1S/C12H16ClNO3S/c1-8-6-5-7-11(9(8)2)14(18(4,16)17)10(3)12(13)15/h5-7,10H,1-4H3. The van der Waals surface area contributed by atoms with Crippen LogP contribution in [0, 0.1) is 13.8 Å². The number of sulfonamides is 1. The summed E-state index contributed by atoms with van der Waals surface area (Å²) in [6.07, 6.45) is 1.06. The number of benzene rings is 1. The molecule has 1 unspecified atom stereocenters. The van der Waals surface area contributed by atoms with Crippen molar-refractivity contribution in [2.75, 3.05) is 10.6 Å². The Morgan fingerprint density at radius 1 is 1.33 bits per heavy atom. The van der Waals surface area contributed by atoms with Crippen LogP contribution in [0.15, 0.2) is 18.2 Å². The number of hydrogen-bond donors (Lipinski definition) is 0. The van der Waals surface area contributed by atoms with E-state index in [1.807, 2.05) is 19.9 Å². The highest BCUT2D eigenvalue weighted by atomic mass is 35.5. The van der Waals surface area contributed by atoms with Crippen molar-refractivity contribution in [3.63, 3.8) is 0 Å². The first kappa shape index (κ1) is 15.0. The summed E-state index contributed by atoms with van der Waals surface area (Å²) in [5.41, 5.74) is 2.25. The van der Waals surface area contributed by atoms with Crippen LogP contribution < -0.4 is 4.31 Å². The highest BCUT2D eigenvalue weighted by Gasteiger charge is 2.29. The lowest BCUT2D eigenvalue weighted by atomic mass is 10.1. The molecule has 1 rings (SSSR count). The fraction of sp³-hybridized carbons (Fsp3) is 0.417. The molecule has 100 valence electrons. The molecule has 18 heavy (non-hydrogen) atoms. The summed E-state index contributed by atoms with van der Waals surface area (Å²) in [5.74, 6) is 0. The first-order valence-corrected chi connectivity index (χ1v) is 7.64. The highest BCUT2D eigenvalue weighted by molar-refractivity contribution is 7.92. The normalized spacial score (nSPS) is 13.2. The predicted molar refractivity (Wildman–Crippen MR) is 73.6 cm³/mol. The Morgan fingerprint density at radius 2 is 1.89 bits per heavy atom. The molecule has 0 aliphatic carbocycles. The van der Waals surface area contributed by atoms with E-state index in [4.69, 9.17) is 11.6 Å². The smallest absolute Gasteiger partial charge is 0.245 e. The number of carbonyl (C=O) groups excluding carboxylic acids is 1. The van der Waals surface area contributed by atoms with Crippen molar-refractivity contribution in [3.05, 3.63) is 29.3 Å². The Kier molecular flexibility index (Phi) is 4.40. The third-order valence-corrected chi connectivity index (χ3v) is 4.39. The quantitative estimate of drug-likeness (QED) is 0.799. The Bertz CT molecular complexity index is 569. The second-order valence-corrected chi connectivity index (χ2v) is 6.49. The van der Waals surface area contributed by atoms with Gasteiger partial charge in [0.2, 0.25) is 15.3 Å². The maximum Gasteiger partial charge on any atom is 0.245 e. The number of nitrogens with zero attached hydrogens (tertiary/aromatic N) is 1. The predicted octanol–water partition coefficient (Wildman–Crippen LogP) is 2.22. The summed E-state index contributed by atoms with van der Waals surface area (Å²) in [4.78, 5) is 11.3. The summed E-state index contributed by atoms with van der Waals surface area (Å²) in [7, 11) is -3.57. The third-order valence-electron chi connectivity index (χ3n) is 2.85. The minimum atomic E-state index is -3.57. The topological polar surface area (TPSA) is 54.5 Å². The molecule has 0 aliphatic heterocycles. The average Bonchev–Trinajstić information content (AvgIpc) is 2.22. The van der Waals surface area contributed by atoms with E-state index in [9.17, 15) is 13.2 Å². The molecule has 0 aromatic heterocycles. The number of anilines is 1. The van der Waals surface area contributed by atoms with Crippen molar-refractivity contribution >= 4 is 32.6 Å². The first-order valence-electron chi connectivity index (χ1n) is 5.41. The molecule has 0 saturated heterocycles. The fourth-order valence-corrected chi connectivity index (χ4v) is 3.12. The molecule has 1 aromatic rings. The van der Waals surface area contributed by atoms with Crippen molar-refractivity contribution in [2.45, 2.75) is 26.8 Å². The van der Waals surface area contributed by atoms with Crippen LogP contribution in [0.3, 0.4) is 0 Å². The molecule has 6 heteroatoms. The first-order chi connectivity index (χ1) is 8.16. The zero-order chi connectivity index (χ0) is 14.1. The Balaban J connectivity index is 3.46. The lowest BCUT2D eigenvalue weighted by Crippen LogP contribution is -2.41. The number of halogens is 1. The fourth-order valence-electron chi connectivity index (χ4n) is 1.74. The molecule has 0 aliphatic rings. The second-order valence-electron chi connectivity index (χ2n) is 4.26. The van der Waals surface area contributed by atoms with Crippen LogP contribution in [0.25, 0.3) is 0 Å². The van der Waals surface area contributed by atoms with Gasteiger partial charge >= 0.3 is 0 Å². The molecule has 0 saturated carbocycles. The van der Waals surface area contributed by atoms with Gasteiger partial charge in [-0.15, -0.1) is 0 Å². The van der Waals surface area contributed by atoms with Crippen LogP contribution in [0.5, 0.6) is 0 Å². The van der Waals surface area contributed by atoms with E-state index >= 15 is 0 Å². The Labute approximate surface area is 113 Å². The molecule has 0 bridgehead atoms. The van der Waals surface area contributed by atoms with Gasteiger partial charge in [0.25, 0.3) is 0 Å². The molecule has 1 aromatic carbocycles. The van der Waals surface area contributed by atoms with Crippen molar-refractivity contribution < 1.29 is 13.2 Å². The number of hydrogen-bond acceptors (Lipinski definition) is 3. The number of carbonyl (C=O) groups is 1. The average molecular weight is 290 g/mol. The van der Waals surface area contributed by atoms with Crippen LogP contribution in [-0.4, -0.2) is 26.0 Å². The summed E-state index contributed by atoms with van der Waals surface area (Å²) in [6.45, 7) is 5.17. The SMILES string of the molecule is Cc1cccc(N(C(C)C(=O)Cl)S(C)(=O)=O)c1C. The Morgan fingerprint density at radius 3 is 2.33 bits per heavy atom. The number of aryl methyl sites for hydroxylation is 1. The lowest BCUT2D eigenvalue weighted by Gasteiger charge is -2.28. The van der Waals surface area contributed by atoms with E-state index in [2.05, 4.69) is 0 Å². The molecule has 0 amide bonds. The van der Waals surface area contributed by atoms with Gasteiger partial charge in [-0.25, -0.2) is 8.42 Å². The summed E-state index contributed by atoms with van der Waals surface area (Å²) in [6, 6.07) is 4.37. The van der Waals surface area contributed by atoms with Crippen LogP contribution in [0.1, 0.15) is 18.1 Å². The zero-order valence-corrected chi connectivity index (χ0v) is 12.3. The van der Waals surface area contributed by atoms with Gasteiger partial charge in [0.1, 0.15) is 6.04 Å². The molecular formula is C12H16ClNO3S. The maximum absolute atomic E-state index is 11.9. The largest absolute Gasteiger partial charge is 0.279 e. The molecule has 0 spiro atoms. The lowest BCUT2D eigenvalue weighted by molar-refractivity contribution is -0.112. The van der Waals surface area contributed by atoms with Crippen LogP contribution in [0.2, 0.25) is 0 Å². The van der Waals surface area contributed by atoms with Crippen LogP contribution >= 0.6 is 11.6 Å². The molecular weight excluding hydrogens is 274 g/mol. The molecule has 0 N–H and O–H groups in total.